The maximum Gasteiger partial charge on any atom is 0.418 e. The lowest BCUT2D eigenvalue weighted by molar-refractivity contribution is -0.136. The fraction of sp³-hybridized carbons (Fsp3) is 0.0625. The highest BCUT2D eigenvalue weighted by Crippen LogP contribution is 2.35. The van der Waals surface area contributed by atoms with Gasteiger partial charge in [-0.25, -0.2) is 0 Å². The summed E-state index contributed by atoms with van der Waals surface area (Å²) in [7, 11) is 0. The highest BCUT2D eigenvalue weighted by Gasteiger charge is 2.33. The van der Waals surface area contributed by atoms with Gasteiger partial charge in [-0.2, -0.15) is 23.3 Å². The lowest BCUT2D eigenvalue weighted by Crippen LogP contribution is -2.09. The van der Waals surface area contributed by atoms with Gasteiger partial charge in [-0.15, -0.1) is 5.10 Å². The van der Waals surface area contributed by atoms with E-state index >= 15 is 0 Å². The van der Waals surface area contributed by atoms with Gasteiger partial charge in [-0.05, 0) is 36.4 Å². The van der Waals surface area contributed by atoms with Gasteiger partial charge in [0.25, 0.3) is 0 Å². The molecule has 128 valence electrons. The first-order valence-corrected chi connectivity index (χ1v) is 7.45. The molecule has 9 heteroatoms. The zero-order valence-corrected chi connectivity index (χ0v) is 13.3. The van der Waals surface area contributed by atoms with Gasteiger partial charge in [0.15, 0.2) is 5.82 Å². The molecule has 0 aliphatic rings. The molecule has 25 heavy (non-hydrogen) atoms. The number of nitrogens with zero attached hydrogens (tertiary/aromatic N) is 3. The van der Waals surface area contributed by atoms with E-state index in [4.69, 9.17) is 11.6 Å². The summed E-state index contributed by atoms with van der Waals surface area (Å²) in [6.07, 6.45) is -3.24. The Morgan fingerprint density at radius 2 is 1.64 bits per heavy atom. The number of hydrogen-bond donors (Lipinski definition) is 2. The van der Waals surface area contributed by atoms with Gasteiger partial charge in [0.1, 0.15) is 0 Å². The SMILES string of the molecule is FC(F)(F)c1ccccc1Nc1cnnc(Nc2ccc(Cl)cc2)n1. The zero-order chi connectivity index (χ0) is 17.9. The Morgan fingerprint density at radius 1 is 0.920 bits per heavy atom. The number of aromatic nitrogens is 3. The zero-order valence-electron chi connectivity index (χ0n) is 12.5. The first-order valence-electron chi connectivity index (χ1n) is 7.07. The van der Waals surface area contributed by atoms with Crippen molar-refractivity contribution >= 4 is 34.7 Å². The summed E-state index contributed by atoms with van der Waals surface area (Å²) in [4.78, 5) is 4.11. The smallest absolute Gasteiger partial charge is 0.338 e. The van der Waals surface area contributed by atoms with Crippen LogP contribution in [0.25, 0.3) is 0 Å². The summed E-state index contributed by atoms with van der Waals surface area (Å²) >= 11 is 5.81. The number of rotatable bonds is 4. The van der Waals surface area contributed by atoms with Crippen LogP contribution < -0.4 is 10.6 Å². The van der Waals surface area contributed by atoms with Gasteiger partial charge >= 0.3 is 6.18 Å². The van der Waals surface area contributed by atoms with Gasteiger partial charge in [0, 0.05) is 10.7 Å². The van der Waals surface area contributed by atoms with Crippen LogP contribution in [-0.4, -0.2) is 15.2 Å². The number of alkyl halides is 3. The summed E-state index contributed by atoms with van der Waals surface area (Å²) in [5.41, 5.74) is -0.243. The van der Waals surface area contributed by atoms with Crippen molar-refractivity contribution < 1.29 is 13.2 Å². The summed E-state index contributed by atoms with van der Waals surface area (Å²) < 4.78 is 39.1. The van der Waals surface area contributed by atoms with Crippen LogP contribution in [0.3, 0.4) is 0 Å². The number of halogens is 4. The van der Waals surface area contributed by atoms with Crippen LogP contribution in [-0.2, 0) is 6.18 Å². The molecule has 0 aliphatic carbocycles. The Labute approximate surface area is 145 Å². The number of nitrogens with one attached hydrogen (secondary N) is 2. The molecule has 3 rings (SSSR count). The second-order valence-electron chi connectivity index (χ2n) is 4.97. The summed E-state index contributed by atoms with van der Waals surface area (Å²) in [6, 6.07) is 11.9. The monoisotopic (exact) mass is 365 g/mol. The molecule has 0 fully saturated rings. The minimum Gasteiger partial charge on any atom is -0.338 e. The van der Waals surface area contributed by atoms with Crippen molar-refractivity contribution in [2.75, 3.05) is 10.6 Å². The van der Waals surface area contributed by atoms with E-state index in [0.717, 1.165) is 6.07 Å². The molecule has 0 bridgehead atoms. The summed E-state index contributed by atoms with van der Waals surface area (Å²) in [5, 5.41) is 13.6. The molecule has 1 aromatic heterocycles. The number of para-hydroxylation sites is 1. The molecule has 1 heterocycles. The molecule has 0 saturated carbocycles. The largest absolute Gasteiger partial charge is 0.418 e. The van der Waals surface area contributed by atoms with Crippen molar-refractivity contribution in [2.24, 2.45) is 0 Å². The quantitative estimate of drug-likeness (QED) is 0.679. The number of benzene rings is 2. The average Bonchev–Trinajstić information content (AvgIpc) is 2.57. The Morgan fingerprint density at radius 3 is 2.36 bits per heavy atom. The lowest BCUT2D eigenvalue weighted by atomic mass is 10.1. The van der Waals surface area contributed by atoms with E-state index in [2.05, 4.69) is 25.8 Å². The van der Waals surface area contributed by atoms with E-state index in [9.17, 15) is 13.2 Å². The van der Waals surface area contributed by atoms with E-state index in [1.807, 2.05) is 0 Å². The summed E-state index contributed by atoms with van der Waals surface area (Å²) in [6.45, 7) is 0. The van der Waals surface area contributed by atoms with E-state index in [0.29, 0.717) is 10.7 Å². The molecule has 0 unspecified atom stereocenters. The normalized spacial score (nSPS) is 11.2. The molecule has 0 radical (unpaired) electrons. The molecule has 0 atom stereocenters. The van der Waals surface area contributed by atoms with E-state index in [1.54, 1.807) is 24.3 Å². The van der Waals surface area contributed by atoms with Crippen molar-refractivity contribution in [2.45, 2.75) is 6.18 Å². The van der Waals surface area contributed by atoms with Crippen molar-refractivity contribution in [3.05, 3.63) is 65.3 Å². The molecule has 0 spiro atoms. The van der Waals surface area contributed by atoms with Gasteiger partial charge < -0.3 is 10.6 Å². The van der Waals surface area contributed by atoms with Gasteiger partial charge in [0.05, 0.1) is 17.4 Å². The lowest BCUT2D eigenvalue weighted by Gasteiger charge is -2.14. The fourth-order valence-electron chi connectivity index (χ4n) is 2.06. The summed E-state index contributed by atoms with van der Waals surface area (Å²) in [5.74, 6) is 0.264. The molecular formula is C16H11ClF3N5. The standard InChI is InChI=1S/C16H11ClF3N5/c17-10-5-7-11(8-6-10)22-15-24-14(9-21-25-15)23-13-4-2-1-3-12(13)16(18,19)20/h1-9H,(H2,22,23,24,25). The second kappa shape index (κ2) is 6.94. The van der Waals surface area contributed by atoms with Crippen molar-refractivity contribution in [3.63, 3.8) is 0 Å². The molecule has 5 nitrogen and oxygen atoms in total. The van der Waals surface area contributed by atoms with E-state index < -0.39 is 11.7 Å². The molecule has 3 aromatic rings. The Hall–Kier alpha value is -2.87. The van der Waals surface area contributed by atoms with Crippen LogP contribution in [0, 0.1) is 0 Å². The number of anilines is 4. The molecule has 2 N–H and O–H groups in total. The van der Waals surface area contributed by atoms with Gasteiger partial charge in [-0.1, -0.05) is 23.7 Å². The molecule has 2 aromatic carbocycles. The van der Waals surface area contributed by atoms with Gasteiger partial charge in [0.2, 0.25) is 5.95 Å². The van der Waals surface area contributed by atoms with Crippen LogP contribution in [0.1, 0.15) is 5.56 Å². The Balaban J connectivity index is 1.82. The van der Waals surface area contributed by atoms with Crippen molar-refractivity contribution in [1.29, 1.82) is 0 Å². The van der Waals surface area contributed by atoms with Crippen LogP contribution in [0.2, 0.25) is 5.02 Å². The van der Waals surface area contributed by atoms with E-state index in [1.165, 1.54) is 24.4 Å². The minimum absolute atomic E-state index is 0.118. The first-order chi connectivity index (χ1) is 11.9. The highest BCUT2D eigenvalue weighted by molar-refractivity contribution is 6.30. The fourth-order valence-corrected chi connectivity index (χ4v) is 2.18. The molecule has 0 amide bonds. The van der Waals surface area contributed by atoms with E-state index in [-0.39, 0.29) is 17.5 Å². The maximum absolute atomic E-state index is 13.0. The van der Waals surface area contributed by atoms with Crippen molar-refractivity contribution in [3.8, 4) is 0 Å². The van der Waals surface area contributed by atoms with Crippen molar-refractivity contribution in [1.82, 2.24) is 15.2 Å². The van der Waals surface area contributed by atoms with Crippen LogP contribution in [0.5, 0.6) is 0 Å². The van der Waals surface area contributed by atoms with Gasteiger partial charge in [-0.3, -0.25) is 0 Å². The predicted molar refractivity (Wildman–Crippen MR) is 89.3 cm³/mol. The minimum atomic E-state index is -4.48. The first kappa shape index (κ1) is 17.0. The third-order valence-electron chi connectivity index (χ3n) is 3.15. The second-order valence-corrected chi connectivity index (χ2v) is 5.40. The molecule has 0 aliphatic heterocycles. The molecule has 0 saturated heterocycles. The maximum atomic E-state index is 13.0. The third kappa shape index (κ3) is 4.36. The topological polar surface area (TPSA) is 62.7 Å². The van der Waals surface area contributed by atoms with Crippen LogP contribution >= 0.6 is 11.6 Å². The average molecular weight is 366 g/mol. The molecular weight excluding hydrogens is 355 g/mol. The third-order valence-corrected chi connectivity index (χ3v) is 3.41. The number of hydrogen-bond acceptors (Lipinski definition) is 5. The van der Waals surface area contributed by atoms with Crippen LogP contribution in [0.4, 0.5) is 36.3 Å². The Bertz CT molecular complexity index is 868. The van der Waals surface area contributed by atoms with Crippen LogP contribution in [0.15, 0.2) is 54.7 Å². The predicted octanol–water partition coefficient (Wildman–Crippen LogP) is 5.03. The Kier molecular flexibility index (Phi) is 4.71. The highest BCUT2D eigenvalue weighted by atomic mass is 35.5.